The highest BCUT2D eigenvalue weighted by Gasteiger charge is 2.39. The van der Waals surface area contributed by atoms with Crippen LogP contribution in [0.2, 0.25) is 10.0 Å². The summed E-state index contributed by atoms with van der Waals surface area (Å²) in [6.07, 6.45) is 5.54. The molecule has 0 aliphatic heterocycles. The monoisotopic (exact) mass is 978 g/mol. The van der Waals surface area contributed by atoms with Crippen LogP contribution in [0.3, 0.4) is 0 Å². The molecule has 4 aromatic heterocycles. The van der Waals surface area contributed by atoms with Crippen molar-refractivity contribution >= 4 is 66.6 Å². The average Bonchev–Trinajstić information content (AvgIpc) is 4.09. The van der Waals surface area contributed by atoms with Gasteiger partial charge in [0.05, 0.1) is 48.3 Å². The Hall–Kier alpha value is -6.61. The number of sulfone groups is 1. The molecule has 0 saturated heterocycles. The third-order valence-electron chi connectivity index (χ3n) is 12.0. The van der Waals surface area contributed by atoms with E-state index in [4.69, 9.17) is 32.7 Å². The fourth-order valence-corrected chi connectivity index (χ4v) is 10.5. The maximum absolute atomic E-state index is 14.8. The van der Waals surface area contributed by atoms with E-state index in [1.54, 1.807) is 57.7 Å². The Morgan fingerprint density at radius 2 is 1.13 bits per heavy atom. The molecule has 350 valence electrons. The minimum Gasteiger partial charge on any atom is -0.481 e. The summed E-state index contributed by atoms with van der Waals surface area (Å²) in [4.78, 5) is 34.9. The Bertz CT molecular complexity index is 3370. The van der Waals surface area contributed by atoms with E-state index in [9.17, 15) is 31.9 Å². The Morgan fingerprint density at radius 3 is 1.54 bits per heavy atom. The van der Waals surface area contributed by atoms with Crippen molar-refractivity contribution in [3.63, 3.8) is 0 Å². The number of Topliss-reactive ketones (excluding diaryl/α,β-unsaturated/α-hetero) is 1. The zero-order valence-electron chi connectivity index (χ0n) is 37.5. The molecule has 0 spiro atoms. The highest BCUT2D eigenvalue weighted by molar-refractivity contribution is 7.93. The number of hydrogen-bond donors (Lipinski definition) is 1. The Balaban J connectivity index is 0.000000187. The van der Waals surface area contributed by atoms with Gasteiger partial charge in [-0.05, 0) is 85.3 Å². The molecule has 1 N–H and O–H groups in total. The number of carbonyl (C=O) groups excluding carboxylic acids is 1. The number of pyridine rings is 2. The van der Waals surface area contributed by atoms with E-state index in [1.165, 1.54) is 38.7 Å². The number of carbonyl (C=O) groups is 2. The van der Waals surface area contributed by atoms with Gasteiger partial charge in [-0.1, -0.05) is 85.6 Å². The van der Waals surface area contributed by atoms with Crippen molar-refractivity contribution in [2.75, 3.05) is 20.0 Å². The van der Waals surface area contributed by atoms with Crippen molar-refractivity contribution in [3.8, 4) is 34.0 Å². The van der Waals surface area contributed by atoms with Crippen LogP contribution in [-0.2, 0) is 35.8 Å². The van der Waals surface area contributed by atoms with Crippen molar-refractivity contribution in [3.05, 3.63) is 165 Å². The lowest BCUT2D eigenvalue weighted by Crippen LogP contribution is -2.23. The van der Waals surface area contributed by atoms with Crippen LogP contribution in [0.15, 0.2) is 109 Å². The number of methoxy groups -OCH3 is 2. The van der Waals surface area contributed by atoms with Gasteiger partial charge in [0.15, 0.2) is 15.6 Å². The maximum atomic E-state index is 14.8. The molecular weight excluding hydrogens is 934 g/mol. The SMILES string of the molecule is CCc1ccc2c(c1)c(-c1cc(Cl)cnc1OC)c(C(=O)CS(=O)(=O)C1CC1)n2Cc1ccccc1F.CCc1ccc2c(c1)c(-c1cc(Cl)cnc1OC)c(C(=O)O)n2Cc1ccccc1F. The number of benzene rings is 4. The van der Waals surface area contributed by atoms with E-state index in [0.29, 0.717) is 72.7 Å². The first-order chi connectivity index (χ1) is 32.7. The third kappa shape index (κ3) is 9.58. The van der Waals surface area contributed by atoms with Gasteiger partial charge in [0, 0.05) is 67.6 Å². The minimum absolute atomic E-state index is 0.0221. The molecule has 0 unspecified atom stereocenters. The van der Waals surface area contributed by atoms with E-state index in [1.807, 2.05) is 50.2 Å². The van der Waals surface area contributed by atoms with Crippen molar-refractivity contribution in [2.45, 2.75) is 57.9 Å². The molecule has 4 aromatic carbocycles. The second kappa shape index (κ2) is 19.9. The van der Waals surface area contributed by atoms with Crippen LogP contribution in [0, 0.1) is 11.6 Å². The van der Waals surface area contributed by atoms with E-state index >= 15 is 0 Å². The predicted octanol–water partition coefficient (Wildman–Crippen LogP) is 11.7. The molecule has 0 bridgehead atoms. The first-order valence-corrected chi connectivity index (χ1v) is 24.3. The molecule has 0 amide bonds. The van der Waals surface area contributed by atoms with Crippen LogP contribution < -0.4 is 9.47 Å². The molecule has 9 rings (SSSR count). The summed E-state index contributed by atoms with van der Waals surface area (Å²) in [5, 5.41) is 11.8. The number of halogens is 4. The zero-order chi connectivity index (χ0) is 48.4. The molecule has 16 heteroatoms. The van der Waals surface area contributed by atoms with Crippen LogP contribution >= 0.6 is 23.2 Å². The fourth-order valence-electron chi connectivity index (χ4n) is 8.56. The summed E-state index contributed by atoms with van der Waals surface area (Å²) in [6.45, 7) is 4.14. The number of hydrogen-bond acceptors (Lipinski definition) is 8. The summed E-state index contributed by atoms with van der Waals surface area (Å²) in [5.41, 5.74) is 6.23. The fraction of sp³-hybridized carbons (Fsp3) is 0.231. The zero-order valence-corrected chi connectivity index (χ0v) is 39.9. The van der Waals surface area contributed by atoms with Gasteiger partial charge < -0.3 is 23.7 Å². The highest BCUT2D eigenvalue weighted by Crippen LogP contribution is 2.43. The molecule has 1 aliphatic rings. The number of aryl methyl sites for hydroxylation is 2. The largest absolute Gasteiger partial charge is 0.481 e. The number of aromatic nitrogens is 4. The average molecular weight is 980 g/mol. The number of aromatic carboxylic acids is 1. The van der Waals surface area contributed by atoms with Crippen molar-refractivity contribution < 1.29 is 41.4 Å². The van der Waals surface area contributed by atoms with Gasteiger partial charge in [0.2, 0.25) is 11.8 Å². The molecule has 1 aliphatic carbocycles. The number of carboxylic acid groups (broad SMARTS) is 1. The smallest absolute Gasteiger partial charge is 0.353 e. The number of carboxylic acids is 1. The second-order valence-electron chi connectivity index (χ2n) is 16.4. The van der Waals surface area contributed by atoms with E-state index < -0.39 is 44.2 Å². The van der Waals surface area contributed by atoms with Gasteiger partial charge in [-0.25, -0.2) is 32.0 Å². The lowest BCUT2D eigenvalue weighted by Gasteiger charge is -2.14. The first kappa shape index (κ1) is 47.9. The van der Waals surface area contributed by atoms with Gasteiger partial charge >= 0.3 is 5.97 Å². The standard InChI is InChI=1S/C28H26ClFN2O4S.C24H20ClFN2O3/c1-3-17-8-11-24-21(12-17)26(22-13-19(29)14-31-28(22)36-2)27(25(33)16-37(34,35)20-9-10-20)32(24)15-18-6-4-5-7-23(18)30;1-3-14-8-9-20-17(10-14)21(18-11-16(25)12-27-23(18)31-2)22(24(29)30)28(20)13-15-6-4-5-7-19(15)26/h4-8,11-14,20H,3,9-10,15-16H2,1-2H3;4-12H,3,13H2,1-2H3,(H,29,30). The number of ketones is 1. The molecule has 8 aromatic rings. The van der Waals surface area contributed by atoms with E-state index in [-0.39, 0.29) is 36.2 Å². The summed E-state index contributed by atoms with van der Waals surface area (Å²) < 4.78 is 69.2. The summed E-state index contributed by atoms with van der Waals surface area (Å²) in [7, 11) is -0.680. The number of nitrogens with zero attached hydrogens (tertiary/aromatic N) is 4. The quantitative estimate of drug-likeness (QED) is 0.0993. The summed E-state index contributed by atoms with van der Waals surface area (Å²) in [5.74, 6) is -2.63. The number of rotatable bonds is 15. The first-order valence-electron chi connectivity index (χ1n) is 21.8. The van der Waals surface area contributed by atoms with E-state index in [0.717, 1.165) is 29.4 Å². The van der Waals surface area contributed by atoms with Crippen molar-refractivity contribution in [1.82, 2.24) is 19.1 Å². The van der Waals surface area contributed by atoms with E-state index in [2.05, 4.69) is 9.97 Å². The topological polar surface area (TPSA) is 143 Å². The van der Waals surface area contributed by atoms with Gasteiger partial charge in [-0.3, -0.25) is 4.79 Å². The highest BCUT2D eigenvalue weighted by atomic mass is 35.5. The normalized spacial score (nSPS) is 12.5. The molecule has 0 radical (unpaired) electrons. The third-order valence-corrected chi connectivity index (χ3v) is 14.6. The Kier molecular flexibility index (Phi) is 14.0. The molecule has 68 heavy (non-hydrogen) atoms. The molecule has 4 heterocycles. The number of ether oxygens (including phenoxy) is 2. The summed E-state index contributed by atoms with van der Waals surface area (Å²) in [6, 6.07) is 27.5. The summed E-state index contributed by atoms with van der Waals surface area (Å²) >= 11 is 12.5. The number of fused-ring (bicyclic) bond motifs is 2. The van der Waals surface area contributed by atoms with Gasteiger partial charge in [-0.15, -0.1) is 0 Å². The molecule has 0 atom stereocenters. The van der Waals surface area contributed by atoms with Gasteiger partial charge in [0.25, 0.3) is 0 Å². The van der Waals surface area contributed by atoms with Gasteiger partial charge in [0.1, 0.15) is 23.1 Å². The van der Waals surface area contributed by atoms with Crippen molar-refractivity contribution in [1.29, 1.82) is 0 Å². The Morgan fingerprint density at radius 1 is 0.691 bits per heavy atom. The van der Waals surface area contributed by atoms with Crippen LogP contribution in [-0.4, -0.2) is 69.6 Å². The second-order valence-corrected chi connectivity index (χ2v) is 19.5. The van der Waals surface area contributed by atoms with Gasteiger partial charge in [-0.2, -0.15) is 0 Å². The maximum Gasteiger partial charge on any atom is 0.353 e. The van der Waals surface area contributed by atoms with Crippen LogP contribution in [0.5, 0.6) is 11.8 Å². The Labute approximate surface area is 401 Å². The predicted molar refractivity (Wildman–Crippen MR) is 261 cm³/mol. The van der Waals surface area contributed by atoms with Crippen LogP contribution in [0.25, 0.3) is 44.1 Å². The molecular formula is C52H46Cl2F2N4O7S. The lowest BCUT2D eigenvalue weighted by molar-refractivity contribution is 0.0686. The van der Waals surface area contributed by atoms with Crippen molar-refractivity contribution in [2.24, 2.45) is 0 Å². The van der Waals surface area contributed by atoms with Crippen LogP contribution in [0.1, 0.15) is 69.9 Å². The molecule has 1 saturated carbocycles. The minimum atomic E-state index is -3.62. The lowest BCUT2D eigenvalue weighted by atomic mass is 9.99. The molecule has 11 nitrogen and oxygen atoms in total. The molecule has 1 fully saturated rings. The van der Waals surface area contributed by atoms with Crippen LogP contribution in [0.4, 0.5) is 8.78 Å².